The van der Waals surface area contributed by atoms with Gasteiger partial charge in [0.05, 0.1) is 12.8 Å². The Hall–Kier alpha value is -1.14. The number of carbonyl (C=O) groups excluding carboxylic acids is 1. The lowest BCUT2D eigenvalue weighted by molar-refractivity contribution is 0.0598. The number of aryl methyl sites for hydroxylation is 1. The van der Waals surface area contributed by atoms with Gasteiger partial charge >= 0.3 is 5.97 Å². The Balaban J connectivity index is 2.47. The molecule has 0 amide bonds. The molecule has 102 valence electrons. The molecule has 1 heterocycles. The Morgan fingerprint density at radius 2 is 2.11 bits per heavy atom. The van der Waals surface area contributed by atoms with Gasteiger partial charge in [0.1, 0.15) is 12.3 Å². The van der Waals surface area contributed by atoms with E-state index in [1.54, 1.807) is 17.8 Å². The monoisotopic (exact) mass is 270 g/mol. The summed E-state index contributed by atoms with van der Waals surface area (Å²) < 4.78 is 11.9. The van der Waals surface area contributed by atoms with Crippen LogP contribution >= 0.6 is 0 Å². The number of hydrogen-bond donors (Lipinski definition) is 0. The Morgan fingerprint density at radius 1 is 1.44 bits per heavy atom. The molecule has 0 fully saturated rings. The molecule has 0 saturated carbocycles. The van der Waals surface area contributed by atoms with Gasteiger partial charge in [-0.25, -0.2) is 9.48 Å². The smallest absolute Gasteiger partial charge is 0.341 e. The highest BCUT2D eigenvalue weighted by Crippen LogP contribution is 2.09. The van der Waals surface area contributed by atoms with Gasteiger partial charge in [0, 0.05) is 20.9 Å². The van der Waals surface area contributed by atoms with E-state index in [9.17, 15) is 4.79 Å². The van der Waals surface area contributed by atoms with E-state index in [0.29, 0.717) is 18.0 Å². The van der Waals surface area contributed by atoms with E-state index >= 15 is 0 Å². The van der Waals surface area contributed by atoms with Crippen molar-refractivity contribution in [3.8, 4) is 0 Å². The molecule has 0 saturated heterocycles. The van der Waals surface area contributed by atoms with Crippen LogP contribution in [0.1, 0.15) is 16.1 Å². The van der Waals surface area contributed by atoms with Crippen LogP contribution in [0.2, 0.25) is 25.7 Å². The minimum Gasteiger partial charge on any atom is -0.465 e. The third kappa shape index (κ3) is 4.62. The van der Waals surface area contributed by atoms with Gasteiger partial charge in [-0.15, -0.1) is 0 Å². The van der Waals surface area contributed by atoms with Crippen LogP contribution in [0.3, 0.4) is 0 Å². The second-order valence-corrected chi connectivity index (χ2v) is 11.1. The number of carbonyl (C=O) groups is 1. The molecular weight excluding hydrogens is 248 g/mol. The van der Waals surface area contributed by atoms with Crippen LogP contribution in [0.25, 0.3) is 0 Å². The summed E-state index contributed by atoms with van der Waals surface area (Å²) in [6, 6.07) is 1.12. The largest absolute Gasteiger partial charge is 0.465 e. The van der Waals surface area contributed by atoms with Crippen molar-refractivity contribution >= 4 is 14.0 Å². The third-order valence-corrected chi connectivity index (χ3v) is 4.28. The topological polar surface area (TPSA) is 53.4 Å². The van der Waals surface area contributed by atoms with Crippen molar-refractivity contribution in [3.63, 3.8) is 0 Å². The third-order valence-electron chi connectivity index (χ3n) is 2.57. The molecule has 0 aliphatic heterocycles. The Kier molecular flexibility index (Phi) is 5.10. The number of hydrogen-bond acceptors (Lipinski definition) is 4. The molecule has 1 aromatic heterocycles. The molecule has 1 rings (SSSR count). The molecule has 0 N–H and O–H groups in total. The first-order valence-corrected chi connectivity index (χ1v) is 9.74. The Morgan fingerprint density at radius 3 is 2.67 bits per heavy atom. The second-order valence-electron chi connectivity index (χ2n) is 5.51. The zero-order chi connectivity index (χ0) is 13.8. The highest BCUT2D eigenvalue weighted by atomic mass is 28.3. The molecule has 5 nitrogen and oxygen atoms in total. The van der Waals surface area contributed by atoms with Crippen LogP contribution in [0.4, 0.5) is 0 Å². The summed E-state index contributed by atoms with van der Waals surface area (Å²) in [6.07, 6.45) is 1.66. The van der Waals surface area contributed by atoms with E-state index in [2.05, 4.69) is 29.5 Å². The van der Waals surface area contributed by atoms with Crippen molar-refractivity contribution < 1.29 is 14.3 Å². The molecule has 0 spiro atoms. The first-order chi connectivity index (χ1) is 8.33. The van der Waals surface area contributed by atoms with Gasteiger partial charge < -0.3 is 9.47 Å². The average Bonchev–Trinajstić information content (AvgIpc) is 2.64. The van der Waals surface area contributed by atoms with Gasteiger partial charge in [0.25, 0.3) is 0 Å². The number of ether oxygens (including phenoxy) is 2. The predicted molar refractivity (Wildman–Crippen MR) is 72.4 cm³/mol. The second kappa shape index (κ2) is 6.15. The van der Waals surface area contributed by atoms with Crippen LogP contribution in [0, 0.1) is 6.92 Å². The molecule has 0 radical (unpaired) electrons. The zero-order valence-corrected chi connectivity index (χ0v) is 12.8. The number of esters is 1. The fourth-order valence-electron chi connectivity index (χ4n) is 1.43. The van der Waals surface area contributed by atoms with Crippen LogP contribution in [-0.4, -0.2) is 37.5 Å². The van der Waals surface area contributed by atoms with Crippen LogP contribution in [0.5, 0.6) is 0 Å². The summed E-state index contributed by atoms with van der Waals surface area (Å²) in [7, 11) is 0.311. The van der Waals surface area contributed by atoms with Crippen LogP contribution < -0.4 is 0 Å². The lowest BCUT2D eigenvalue weighted by Crippen LogP contribution is -2.22. The molecule has 0 bridgehead atoms. The molecule has 0 aliphatic rings. The molecule has 6 heteroatoms. The van der Waals surface area contributed by atoms with Gasteiger partial charge in [-0.1, -0.05) is 19.6 Å². The maximum atomic E-state index is 11.4. The van der Waals surface area contributed by atoms with Crippen molar-refractivity contribution in [2.75, 3.05) is 13.7 Å². The lowest BCUT2D eigenvalue weighted by atomic mass is 10.3. The summed E-state index contributed by atoms with van der Waals surface area (Å²) in [6.45, 7) is 9.83. The molecule has 0 unspecified atom stereocenters. The van der Waals surface area contributed by atoms with Gasteiger partial charge in [-0.05, 0) is 13.0 Å². The van der Waals surface area contributed by atoms with E-state index in [-0.39, 0.29) is 5.97 Å². The van der Waals surface area contributed by atoms with Crippen molar-refractivity contribution in [3.05, 3.63) is 17.5 Å². The van der Waals surface area contributed by atoms with E-state index in [1.165, 1.54) is 7.11 Å². The van der Waals surface area contributed by atoms with Crippen molar-refractivity contribution in [1.82, 2.24) is 9.78 Å². The van der Waals surface area contributed by atoms with E-state index in [4.69, 9.17) is 4.74 Å². The Labute approximate surface area is 109 Å². The fraction of sp³-hybridized carbons (Fsp3) is 0.667. The molecule has 0 atom stereocenters. The standard InChI is InChI=1S/C12H22N2O3Si/c1-10-11(12(15)16-2)8-14(13-10)9-17-6-7-18(3,4)5/h8H,6-7,9H2,1-5H3. The van der Waals surface area contributed by atoms with E-state index in [1.807, 2.05) is 0 Å². The summed E-state index contributed by atoms with van der Waals surface area (Å²) in [5.41, 5.74) is 1.15. The van der Waals surface area contributed by atoms with Crippen molar-refractivity contribution in [1.29, 1.82) is 0 Å². The first kappa shape index (κ1) is 14.9. The highest BCUT2D eigenvalue weighted by molar-refractivity contribution is 6.76. The van der Waals surface area contributed by atoms with Crippen molar-refractivity contribution in [2.24, 2.45) is 0 Å². The maximum Gasteiger partial charge on any atom is 0.341 e. The summed E-state index contributed by atoms with van der Waals surface area (Å²) >= 11 is 0. The van der Waals surface area contributed by atoms with Gasteiger partial charge in [0.15, 0.2) is 0 Å². The van der Waals surface area contributed by atoms with Crippen LogP contribution in [-0.2, 0) is 16.2 Å². The SMILES string of the molecule is COC(=O)c1cn(COCC[Si](C)(C)C)nc1C. The minimum atomic E-state index is -1.05. The minimum absolute atomic E-state index is 0.360. The lowest BCUT2D eigenvalue weighted by Gasteiger charge is -2.15. The zero-order valence-electron chi connectivity index (χ0n) is 11.8. The Bertz CT molecular complexity index is 410. The average molecular weight is 270 g/mol. The molecule has 1 aromatic rings. The van der Waals surface area contributed by atoms with E-state index < -0.39 is 8.07 Å². The van der Waals surface area contributed by atoms with Gasteiger partial charge in [0.2, 0.25) is 0 Å². The summed E-state index contributed by atoms with van der Waals surface area (Å²) in [5, 5.41) is 4.22. The van der Waals surface area contributed by atoms with Gasteiger partial charge in [-0.2, -0.15) is 5.10 Å². The number of methoxy groups -OCH3 is 1. The van der Waals surface area contributed by atoms with Crippen LogP contribution in [0.15, 0.2) is 6.20 Å². The number of nitrogens with zero attached hydrogens (tertiary/aromatic N) is 2. The van der Waals surface area contributed by atoms with Gasteiger partial charge in [-0.3, -0.25) is 0 Å². The fourth-order valence-corrected chi connectivity index (χ4v) is 2.19. The molecule has 0 aliphatic carbocycles. The maximum absolute atomic E-state index is 11.4. The highest BCUT2D eigenvalue weighted by Gasteiger charge is 2.14. The molecule has 18 heavy (non-hydrogen) atoms. The molecular formula is C12H22N2O3Si. The molecule has 0 aromatic carbocycles. The van der Waals surface area contributed by atoms with Crippen molar-refractivity contribution in [2.45, 2.75) is 39.3 Å². The predicted octanol–water partition coefficient (Wildman–Crippen LogP) is 2.29. The summed E-state index contributed by atoms with van der Waals surface area (Å²) in [4.78, 5) is 11.4. The summed E-state index contributed by atoms with van der Waals surface area (Å²) in [5.74, 6) is -0.360. The quantitative estimate of drug-likeness (QED) is 0.452. The number of aromatic nitrogens is 2. The number of rotatable bonds is 6. The first-order valence-electron chi connectivity index (χ1n) is 6.03. The normalized spacial score (nSPS) is 11.6. The van der Waals surface area contributed by atoms with E-state index in [0.717, 1.165) is 12.7 Å².